The first kappa shape index (κ1) is 14.9. The number of amides is 1. The van der Waals surface area contributed by atoms with Gasteiger partial charge in [-0.05, 0) is 18.9 Å². The summed E-state index contributed by atoms with van der Waals surface area (Å²) in [5, 5.41) is 14.0. The van der Waals surface area contributed by atoms with Gasteiger partial charge in [-0.25, -0.2) is 13.2 Å². The Morgan fingerprint density at radius 3 is 2.56 bits per heavy atom. The maximum absolute atomic E-state index is 11.2. The molecule has 0 radical (unpaired) electrons. The van der Waals surface area contributed by atoms with Crippen molar-refractivity contribution in [1.29, 1.82) is 0 Å². The van der Waals surface area contributed by atoms with Crippen LogP contribution in [0.4, 0.5) is 0 Å². The number of hydrogen-bond donors (Lipinski definition) is 3. The lowest BCUT2D eigenvalue weighted by Gasteiger charge is -2.15. The Kier molecular flexibility index (Phi) is 5.09. The molecule has 7 nitrogen and oxygen atoms in total. The average Bonchev–Trinajstić information content (AvgIpc) is 2.56. The Morgan fingerprint density at radius 1 is 1.44 bits per heavy atom. The van der Waals surface area contributed by atoms with Gasteiger partial charge in [0.1, 0.15) is 6.04 Å². The second kappa shape index (κ2) is 6.14. The summed E-state index contributed by atoms with van der Waals surface area (Å²) in [7, 11) is -2.91. The molecule has 1 saturated heterocycles. The van der Waals surface area contributed by atoms with Crippen LogP contribution in [-0.2, 0) is 19.4 Å². The summed E-state index contributed by atoms with van der Waals surface area (Å²) in [5.74, 6) is -1.14. The zero-order valence-electron chi connectivity index (χ0n) is 10.2. The summed E-state index contributed by atoms with van der Waals surface area (Å²) < 4.78 is 22.4. The Bertz CT molecular complexity index is 420. The molecule has 1 fully saturated rings. The molecule has 0 spiro atoms. The molecular weight excluding hydrogens is 260 g/mol. The van der Waals surface area contributed by atoms with E-state index in [9.17, 15) is 18.0 Å². The van der Waals surface area contributed by atoms with Crippen molar-refractivity contribution in [2.45, 2.75) is 19.4 Å². The van der Waals surface area contributed by atoms with Gasteiger partial charge in [0.25, 0.3) is 0 Å². The van der Waals surface area contributed by atoms with Crippen LogP contribution in [-0.4, -0.2) is 56.0 Å². The van der Waals surface area contributed by atoms with E-state index >= 15 is 0 Å². The van der Waals surface area contributed by atoms with E-state index in [4.69, 9.17) is 5.11 Å². The third-order valence-corrected chi connectivity index (χ3v) is 4.62. The smallest absolute Gasteiger partial charge is 0.327 e. The normalized spacial score (nSPS) is 23.5. The molecule has 18 heavy (non-hydrogen) atoms. The number of carbonyl (C=O) groups is 2. The third-order valence-electron chi connectivity index (χ3n) is 2.78. The van der Waals surface area contributed by atoms with E-state index < -0.39 is 27.8 Å². The molecule has 0 saturated carbocycles. The number of aliphatic carboxylic acids is 1. The second-order valence-corrected chi connectivity index (χ2v) is 6.75. The van der Waals surface area contributed by atoms with Gasteiger partial charge in [0.15, 0.2) is 9.84 Å². The molecule has 0 aliphatic carbocycles. The minimum Gasteiger partial charge on any atom is -0.480 e. The predicted octanol–water partition coefficient (Wildman–Crippen LogP) is -1.40. The Morgan fingerprint density at radius 2 is 2.11 bits per heavy atom. The van der Waals surface area contributed by atoms with Crippen LogP contribution in [0.3, 0.4) is 0 Å². The monoisotopic (exact) mass is 278 g/mol. The number of carbonyl (C=O) groups excluding carboxylic acids is 1. The summed E-state index contributed by atoms with van der Waals surface area (Å²) in [5.41, 5.74) is 0. The Hall–Kier alpha value is -1.15. The second-order valence-electron chi connectivity index (χ2n) is 4.52. The first-order chi connectivity index (χ1) is 8.30. The van der Waals surface area contributed by atoms with Crippen LogP contribution in [0, 0.1) is 5.92 Å². The van der Waals surface area contributed by atoms with Crippen molar-refractivity contribution in [2.75, 3.05) is 24.6 Å². The first-order valence-electron chi connectivity index (χ1n) is 5.71. The fraction of sp³-hybridized carbons (Fsp3) is 0.800. The molecule has 1 heterocycles. The lowest BCUT2D eigenvalue weighted by molar-refractivity contribution is -0.141. The number of nitrogens with one attached hydrogen (secondary N) is 2. The highest BCUT2D eigenvalue weighted by Crippen LogP contribution is 2.17. The van der Waals surface area contributed by atoms with Crippen molar-refractivity contribution in [3.05, 3.63) is 0 Å². The number of rotatable bonds is 6. The highest BCUT2D eigenvalue weighted by atomic mass is 32.2. The molecule has 0 aromatic rings. The third kappa shape index (κ3) is 5.01. The zero-order valence-corrected chi connectivity index (χ0v) is 11.0. The van der Waals surface area contributed by atoms with Crippen molar-refractivity contribution in [1.82, 2.24) is 10.6 Å². The molecule has 0 aromatic carbocycles. The van der Waals surface area contributed by atoms with E-state index in [2.05, 4.69) is 10.6 Å². The van der Waals surface area contributed by atoms with E-state index in [1.165, 1.54) is 6.92 Å². The molecule has 0 aromatic heterocycles. The van der Waals surface area contributed by atoms with Crippen molar-refractivity contribution in [2.24, 2.45) is 5.92 Å². The van der Waals surface area contributed by atoms with Gasteiger partial charge in [-0.15, -0.1) is 0 Å². The average molecular weight is 278 g/mol. The molecule has 2 atom stereocenters. The maximum atomic E-state index is 11.2. The van der Waals surface area contributed by atoms with Crippen LogP contribution >= 0.6 is 0 Å². The van der Waals surface area contributed by atoms with Crippen molar-refractivity contribution in [3.8, 4) is 0 Å². The highest BCUT2D eigenvalue weighted by Gasteiger charge is 2.28. The molecule has 2 unspecified atom stereocenters. The summed E-state index contributed by atoms with van der Waals surface area (Å²) in [6.45, 7) is 1.79. The van der Waals surface area contributed by atoms with Crippen molar-refractivity contribution >= 4 is 21.7 Å². The molecule has 1 aliphatic rings. The molecule has 104 valence electrons. The minimum atomic E-state index is -2.91. The van der Waals surface area contributed by atoms with Gasteiger partial charge < -0.3 is 15.7 Å². The quantitative estimate of drug-likeness (QED) is 0.551. The molecule has 1 amide bonds. The van der Waals surface area contributed by atoms with E-state index in [1.54, 1.807) is 0 Å². The predicted molar refractivity (Wildman–Crippen MR) is 64.9 cm³/mol. The van der Waals surface area contributed by atoms with E-state index in [0.717, 1.165) is 0 Å². The topological polar surface area (TPSA) is 113 Å². The standard InChI is InChI=1S/C10H18N2O5S/c1-7(13)12-9(10(14)15)5-11-4-8-2-3-18(16,17)6-8/h8-9,11H,2-6H2,1H3,(H,12,13)(H,14,15). The van der Waals surface area contributed by atoms with Crippen molar-refractivity contribution < 1.29 is 23.1 Å². The molecule has 3 N–H and O–H groups in total. The van der Waals surface area contributed by atoms with Gasteiger partial charge in [-0.2, -0.15) is 0 Å². The Balaban J connectivity index is 2.31. The fourth-order valence-electron chi connectivity index (χ4n) is 1.91. The maximum Gasteiger partial charge on any atom is 0.327 e. The molecule has 0 bridgehead atoms. The van der Waals surface area contributed by atoms with Gasteiger partial charge in [0.2, 0.25) is 5.91 Å². The number of carboxylic acid groups (broad SMARTS) is 1. The van der Waals surface area contributed by atoms with Gasteiger partial charge in [-0.1, -0.05) is 0 Å². The van der Waals surface area contributed by atoms with E-state index in [-0.39, 0.29) is 24.0 Å². The van der Waals surface area contributed by atoms with Gasteiger partial charge in [-0.3, -0.25) is 4.79 Å². The summed E-state index contributed by atoms with van der Waals surface area (Å²) in [4.78, 5) is 21.6. The van der Waals surface area contributed by atoms with Gasteiger partial charge in [0, 0.05) is 13.5 Å². The minimum absolute atomic E-state index is 0.0294. The van der Waals surface area contributed by atoms with Crippen LogP contribution in [0.15, 0.2) is 0 Å². The van der Waals surface area contributed by atoms with Crippen LogP contribution in [0.1, 0.15) is 13.3 Å². The SMILES string of the molecule is CC(=O)NC(CNCC1CCS(=O)(=O)C1)C(=O)O. The highest BCUT2D eigenvalue weighted by molar-refractivity contribution is 7.91. The van der Waals surface area contributed by atoms with Gasteiger partial charge in [0.05, 0.1) is 11.5 Å². The largest absolute Gasteiger partial charge is 0.480 e. The lowest BCUT2D eigenvalue weighted by Crippen LogP contribution is -2.47. The molecule has 1 rings (SSSR count). The van der Waals surface area contributed by atoms with Crippen LogP contribution in [0.5, 0.6) is 0 Å². The van der Waals surface area contributed by atoms with Gasteiger partial charge >= 0.3 is 5.97 Å². The molecular formula is C10H18N2O5S. The number of sulfone groups is 1. The van der Waals surface area contributed by atoms with Crippen LogP contribution in [0.2, 0.25) is 0 Å². The summed E-state index contributed by atoms with van der Waals surface area (Å²) >= 11 is 0. The van der Waals surface area contributed by atoms with Crippen LogP contribution in [0.25, 0.3) is 0 Å². The van der Waals surface area contributed by atoms with Crippen molar-refractivity contribution in [3.63, 3.8) is 0 Å². The summed E-state index contributed by atoms with van der Waals surface area (Å²) in [6.07, 6.45) is 0.604. The van der Waals surface area contributed by atoms with Crippen LogP contribution < -0.4 is 10.6 Å². The Labute approximate surface area is 106 Å². The molecule has 8 heteroatoms. The van der Waals surface area contributed by atoms with E-state index in [0.29, 0.717) is 13.0 Å². The number of carboxylic acids is 1. The summed E-state index contributed by atoms with van der Waals surface area (Å²) in [6, 6.07) is -0.986. The lowest BCUT2D eigenvalue weighted by atomic mass is 10.1. The zero-order chi connectivity index (χ0) is 13.8. The van der Waals surface area contributed by atoms with E-state index in [1.807, 2.05) is 0 Å². The molecule has 1 aliphatic heterocycles. The fourth-order valence-corrected chi connectivity index (χ4v) is 3.77. The number of hydrogen-bond acceptors (Lipinski definition) is 5. The first-order valence-corrected chi connectivity index (χ1v) is 7.53.